The molecule has 0 amide bonds. The molecule has 1 N–H and O–H groups in total. The molecule has 0 fully saturated rings. The number of carbonyl (C=O) groups is 1. The third kappa shape index (κ3) is 4.48. The van der Waals surface area contributed by atoms with Crippen LogP contribution in [0.15, 0.2) is 48.0 Å². The SMILES string of the molecule is CC(C)Cc1ccc(C(Cc2cccc3c2C2=C(CN(C)C)C3CCC2)C(=O)O)cc1. The molecule has 2 atom stereocenters. The molecule has 2 unspecified atom stereocenters. The number of carboxylic acids is 1. The molecule has 0 heterocycles. The third-order valence-corrected chi connectivity index (χ3v) is 6.82. The number of carboxylic acid groups (broad SMARTS) is 1. The summed E-state index contributed by atoms with van der Waals surface area (Å²) < 4.78 is 0. The van der Waals surface area contributed by atoms with Crippen molar-refractivity contribution in [3.63, 3.8) is 0 Å². The molecule has 2 bridgehead atoms. The van der Waals surface area contributed by atoms with Crippen LogP contribution in [-0.2, 0) is 17.6 Å². The van der Waals surface area contributed by atoms with Gasteiger partial charge in [-0.15, -0.1) is 0 Å². The van der Waals surface area contributed by atoms with E-state index in [-0.39, 0.29) is 0 Å². The molecule has 0 saturated heterocycles. The van der Waals surface area contributed by atoms with Gasteiger partial charge in [-0.25, -0.2) is 0 Å². The van der Waals surface area contributed by atoms with E-state index in [0.29, 0.717) is 18.3 Å². The van der Waals surface area contributed by atoms with Crippen LogP contribution < -0.4 is 0 Å². The minimum absolute atomic E-state index is 0.514. The summed E-state index contributed by atoms with van der Waals surface area (Å²) in [6, 6.07) is 14.8. The molecular formula is C28H35NO2. The predicted octanol–water partition coefficient (Wildman–Crippen LogP) is 5.89. The van der Waals surface area contributed by atoms with Crippen LogP contribution in [0.1, 0.15) is 72.8 Å². The smallest absolute Gasteiger partial charge is 0.311 e. The molecule has 164 valence electrons. The number of benzene rings is 2. The van der Waals surface area contributed by atoms with Gasteiger partial charge in [0.15, 0.2) is 0 Å². The van der Waals surface area contributed by atoms with E-state index in [0.717, 1.165) is 24.9 Å². The first-order chi connectivity index (χ1) is 14.8. The van der Waals surface area contributed by atoms with Crippen LogP contribution in [0.4, 0.5) is 0 Å². The van der Waals surface area contributed by atoms with E-state index >= 15 is 0 Å². The van der Waals surface area contributed by atoms with Crippen molar-refractivity contribution < 1.29 is 9.90 Å². The normalized spacial score (nSPS) is 18.6. The summed E-state index contributed by atoms with van der Waals surface area (Å²) in [5, 5.41) is 10.1. The first kappa shape index (κ1) is 21.8. The lowest BCUT2D eigenvalue weighted by Crippen LogP contribution is -2.19. The summed E-state index contributed by atoms with van der Waals surface area (Å²) in [7, 11) is 4.27. The molecule has 31 heavy (non-hydrogen) atoms. The van der Waals surface area contributed by atoms with Crippen molar-refractivity contribution in [1.82, 2.24) is 4.90 Å². The Hall–Kier alpha value is -2.39. The Labute approximate surface area is 186 Å². The van der Waals surface area contributed by atoms with Crippen LogP contribution in [0.5, 0.6) is 0 Å². The molecule has 2 aliphatic carbocycles. The lowest BCUT2D eigenvalue weighted by atomic mass is 9.86. The lowest BCUT2D eigenvalue weighted by molar-refractivity contribution is -0.138. The summed E-state index contributed by atoms with van der Waals surface area (Å²) in [5.41, 5.74) is 9.22. The number of likely N-dealkylation sites (N-methyl/N-ethyl adjacent to an activating group) is 1. The third-order valence-electron chi connectivity index (χ3n) is 6.82. The predicted molar refractivity (Wildman–Crippen MR) is 128 cm³/mol. The number of nitrogens with zero attached hydrogens (tertiary/aromatic N) is 1. The minimum Gasteiger partial charge on any atom is -0.481 e. The van der Waals surface area contributed by atoms with Crippen LogP contribution in [0.2, 0.25) is 0 Å². The molecular weight excluding hydrogens is 382 g/mol. The Balaban J connectivity index is 1.67. The highest BCUT2D eigenvalue weighted by molar-refractivity contribution is 5.83. The van der Waals surface area contributed by atoms with Crippen molar-refractivity contribution in [2.45, 2.75) is 57.8 Å². The van der Waals surface area contributed by atoms with Gasteiger partial charge in [-0.2, -0.15) is 0 Å². The van der Waals surface area contributed by atoms with Crippen molar-refractivity contribution >= 4 is 11.5 Å². The minimum atomic E-state index is -0.738. The topological polar surface area (TPSA) is 40.5 Å². The van der Waals surface area contributed by atoms with Crippen molar-refractivity contribution in [1.29, 1.82) is 0 Å². The van der Waals surface area contributed by atoms with Gasteiger partial charge < -0.3 is 10.0 Å². The molecule has 2 aliphatic rings. The lowest BCUT2D eigenvalue weighted by Gasteiger charge is -2.23. The first-order valence-corrected chi connectivity index (χ1v) is 11.7. The van der Waals surface area contributed by atoms with Crippen LogP contribution in [0.25, 0.3) is 5.57 Å². The standard InChI is InChI=1S/C28H35NO2/c1-18(2)15-19-11-13-20(14-12-19)25(28(30)31)16-21-7-5-9-23-22-8-6-10-24(27(21)23)26(22)17-29(3)4/h5,7,9,11-14,18,22,25H,6,8,10,15-17H2,1-4H3,(H,30,31). The summed E-state index contributed by atoms with van der Waals surface area (Å²) >= 11 is 0. The molecule has 0 aliphatic heterocycles. The number of fused-ring (bicyclic) bond motifs is 4. The average molecular weight is 418 g/mol. The molecule has 2 aromatic rings. The summed E-state index contributed by atoms with van der Waals surface area (Å²) in [6.07, 6.45) is 5.13. The Morgan fingerprint density at radius 3 is 2.48 bits per heavy atom. The fourth-order valence-electron chi connectivity index (χ4n) is 5.58. The van der Waals surface area contributed by atoms with Gasteiger partial charge in [0.05, 0.1) is 5.92 Å². The highest BCUT2D eigenvalue weighted by atomic mass is 16.4. The summed E-state index contributed by atoms with van der Waals surface area (Å²) in [4.78, 5) is 14.5. The van der Waals surface area contributed by atoms with Gasteiger partial charge in [0.25, 0.3) is 0 Å². The number of aliphatic carboxylic acids is 1. The number of rotatable bonds is 8. The molecule has 4 rings (SSSR count). The maximum Gasteiger partial charge on any atom is 0.311 e. The van der Waals surface area contributed by atoms with Gasteiger partial charge >= 0.3 is 5.97 Å². The molecule has 0 saturated carbocycles. The number of hydrogen-bond acceptors (Lipinski definition) is 2. The van der Waals surface area contributed by atoms with Crippen LogP contribution in [0.3, 0.4) is 0 Å². The molecule has 3 heteroatoms. The van der Waals surface area contributed by atoms with Crippen molar-refractivity contribution in [2.75, 3.05) is 20.6 Å². The van der Waals surface area contributed by atoms with Crippen LogP contribution in [0, 0.1) is 5.92 Å². The quantitative estimate of drug-likeness (QED) is 0.582. The fraction of sp³-hybridized carbons (Fsp3) is 0.464. The molecule has 0 radical (unpaired) electrons. The van der Waals surface area contributed by atoms with Crippen LogP contribution >= 0.6 is 0 Å². The highest BCUT2D eigenvalue weighted by Gasteiger charge is 2.36. The first-order valence-electron chi connectivity index (χ1n) is 11.7. The van der Waals surface area contributed by atoms with E-state index < -0.39 is 11.9 Å². The van der Waals surface area contributed by atoms with Gasteiger partial charge in [-0.05, 0) is 91.1 Å². The largest absolute Gasteiger partial charge is 0.481 e. The Morgan fingerprint density at radius 1 is 1.10 bits per heavy atom. The second-order valence-electron chi connectivity index (χ2n) is 10.0. The van der Waals surface area contributed by atoms with E-state index in [4.69, 9.17) is 0 Å². The summed E-state index contributed by atoms with van der Waals surface area (Å²) in [5.74, 6) is -0.146. The maximum atomic E-state index is 12.3. The van der Waals surface area contributed by atoms with Gasteiger partial charge in [0, 0.05) is 12.5 Å². The Morgan fingerprint density at radius 2 is 1.84 bits per heavy atom. The Bertz CT molecular complexity index is 985. The zero-order valence-corrected chi connectivity index (χ0v) is 19.3. The molecule has 2 aromatic carbocycles. The van der Waals surface area contributed by atoms with Crippen molar-refractivity contribution in [3.8, 4) is 0 Å². The second kappa shape index (κ2) is 9.00. The van der Waals surface area contributed by atoms with Gasteiger partial charge in [0.1, 0.15) is 0 Å². The van der Waals surface area contributed by atoms with E-state index in [1.807, 2.05) is 12.1 Å². The average Bonchev–Trinajstić information content (AvgIpc) is 2.87. The van der Waals surface area contributed by atoms with E-state index in [1.165, 1.54) is 40.7 Å². The maximum absolute atomic E-state index is 12.3. The van der Waals surface area contributed by atoms with E-state index in [1.54, 1.807) is 5.57 Å². The van der Waals surface area contributed by atoms with Gasteiger partial charge in [0.2, 0.25) is 0 Å². The van der Waals surface area contributed by atoms with Gasteiger partial charge in [-0.1, -0.05) is 56.3 Å². The molecule has 3 nitrogen and oxygen atoms in total. The zero-order chi connectivity index (χ0) is 22.1. The molecule has 0 aromatic heterocycles. The number of hydrogen-bond donors (Lipinski definition) is 1. The van der Waals surface area contributed by atoms with Gasteiger partial charge in [-0.3, -0.25) is 4.79 Å². The molecule has 0 spiro atoms. The fourth-order valence-corrected chi connectivity index (χ4v) is 5.58. The Kier molecular flexibility index (Phi) is 6.34. The van der Waals surface area contributed by atoms with Crippen LogP contribution in [-0.4, -0.2) is 36.6 Å². The van der Waals surface area contributed by atoms with E-state index in [2.05, 4.69) is 63.2 Å². The monoisotopic (exact) mass is 417 g/mol. The number of allylic oxidation sites excluding steroid dienone is 1. The van der Waals surface area contributed by atoms with E-state index in [9.17, 15) is 9.90 Å². The second-order valence-corrected chi connectivity index (χ2v) is 10.0. The zero-order valence-electron chi connectivity index (χ0n) is 19.3. The highest BCUT2D eigenvalue weighted by Crippen LogP contribution is 2.51. The van der Waals surface area contributed by atoms with Crippen molar-refractivity contribution in [3.05, 3.63) is 75.9 Å². The summed E-state index contributed by atoms with van der Waals surface area (Å²) in [6.45, 7) is 5.41. The van der Waals surface area contributed by atoms with Crippen molar-refractivity contribution in [2.24, 2.45) is 5.92 Å².